The van der Waals surface area contributed by atoms with Crippen molar-refractivity contribution in [3.8, 4) is 5.69 Å². The van der Waals surface area contributed by atoms with Crippen molar-refractivity contribution >= 4 is 46.6 Å². The standard InChI is InChI=1S/C11H3Cl3F6N2S/c12-5-1-4(10(15,16)17)2-6(13)8(5)22-3-7(9(14)21-22)23-11(18,19)20/h1-3H. The molecule has 23 heavy (non-hydrogen) atoms. The number of benzene rings is 1. The van der Waals surface area contributed by atoms with Crippen LogP contribution in [0.1, 0.15) is 5.56 Å². The van der Waals surface area contributed by atoms with Crippen LogP contribution in [-0.2, 0) is 6.18 Å². The molecule has 0 fully saturated rings. The topological polar surface area (TPSA) is 17.8 Å². The number of nitrogens with zero attached hydrogens (tertiary/aromatic N) is 2. The molecule has 12 heteroatoms. The fraction of sp³-hybridized carbons (Fsp3) is 0.182. The van der Waals surface area contributed by atoms with Gasteiger partial charge < -0.3 is 0 Å². The molecule has 0 saturated heterocycles. The Labute approximate surface area is 144 Å². The van der Waals surface area contributed by atoms with Crippen molar-refractivity contribution in [1.29, 1.82) is 0 Å². The zero-order valence-electron chi connectivity index (χ0n) is 10.4. The van der Waals surface area contributed by atoms with Gasteiger partial charge in [-0.05, 0) is 23.9 Å². The first-order valence-corrected chi connectivity index (χ1v) is 7.41. The molecule has 1 aromatic carbocycles. The maximum absolute atomic E-state index is 12.6. The van der Waals surface area contributed by atoms with Gasteiger partial charge in [0.2, 0.25) is 0 Å². The molecule has 1 aromatic heterocycles. The fourth-order valence-electron chi connectivity index (χ4n) is 1.59. The van der Waals surface area contributed by atoms with Gasteiger partial charge in [-0.15, -0.1) is 0 Å². The van der Waals surface area contributed by atoms with Crippen LogP contribution in [0.2, 0.25) is 15.2 Å². The highest BCUT2D eigenvalue weighted by Crippen LogP contribution is 2.42. The van der Waals surface area contributed by atoms with Gasteiger partial charge >= 0.3 is 11.7 Å². The van der Waals surface area contributed by atoms with Crippen LogP contribution in [0.25, 0.3) is 5.69 Å². The lowest BCUT2D eigenvalue weighted by atomic mass is 10.2. The smallest absolute Gasteiger partial charge is 0.235 e. The van der Waals surface area contributed by atoms with E-state index in [4.69, 9.17) is 34.8 Å². The number of hydrogen-bond donors (Lipinski definition) is 0. The van der Waals surface area contributed by atoms with Gasteiger partial charge in [0.15, 0.2) is 5.15 Å². The zero-order chi connectivity index (χ0) is 17.6. The van der Waals surface area contributed by atoms with Crippen molar-refractivity contribution in [3.05, 3.63) is 39.1 Å². The second-order valence-corrected chi connectivity index (χ2v) is 6.34. The summed E-state index contributed by atoms with van der Waals surface area (Å²) < 4.78 is 75.8. The van der Waals surface area contributed by atoms with Crippen molar-refractivity contribution < 1.29 is 26.3 Å². The highest BCUT2D eigenvalue weighted by atomic mass is 35.5. The molecular formula is C11H3Cl3F6N2S. The molecule has 0 saturated carbocycles. The number of aromatic nitrogens is 2. The Morgan fingerprint density at radius 1 is 0.957 bits per heavy atom. The Bertz CT molecular complexity index is 717. The van der Waals surface area contributed by atoms with Crippen LogP contribution in [0.4, 0.5) is 26.3 Å². The first-order valence-electron chi connectivity index (χ1n) is 5.46. The molecule has 0 aliphatic rings. The van der Waals surface area contributed by atoms with Crippen LogP contribution in [0.3, 0.4) is 0 Å². The Balaban J connectivity index is 2.49. The van der Waals surface area contributed by atoms with Gasteiger partial charge in [0.1, 0.15) is 5.69 Å². The summed E-state index contributed by atoms with van der Waals surface area (Å²) in [5.74, 6) is 0. The molecule has 0 atom stereocenters. The third kappa shape index (κ3) is 4.40. The lowest BCUT2D eigenvalue weighted by molar-refractivity contribution is -0.137. The molecule has 0 aliphatic carbocycles. The summed E-state index contributed by atoms with van der Waals surface area (Å²) in [6.07, 6.45) is -3.80. The van der Waals surface area contributed by atoms with Crippen molar-refractivity contribution in [1.82, 2.24) is 9.78 Å². The van der Waals surface area contributed by atoms with Crippen LogP contribution in [0.15, 0.2) is 23.2 Å². The van der Waals surface area contributed by atoms with E-state index in [1.54, 1.807) is 0 Å². The van der Waals surface area contributed by atoms with Crippen LogP contribution >= 0.6 is 46.6 Å². The van der Waals surface area contributed by atoms with E-state index in [1.165, 1.54) is 0 Å². The van der Waals surface area contributed by atoms with Crippen molar-refractivity contribution in [2.45, 2.75) is 16.6 Å². The number of hydrogen-bond acceptors (Lipinski definition) is 2. The summed E-state index contributed by atoms with van der Waals surface area (Å²) in [4.78, 5) is -0.439. The molecule has 2 rings (SSSR count). The van der Waals surface area contributed by atoms with Crippen LogP contribution in [0.5, 0.6) is 0 Å². The van der Waals surface area contributed by atoms with Gasteiger partial charge in [-0.3, -0.25) is 0 Å². The molecule has 0 aliphatic heterocycles. The summed E-state index contributed by atoms with van der Waals surface area (Å²) in [5.41, 5.74) is -5.91. The van der Waals surface area contributed by atoms with E-state index < -0.39 is 49.1 Å². The Hall–Kier alpha value is -0.770. The summed E-state index contributed by atoms with van der Waals surface area (Å²) in [6.45, 7) is 0. The number of alkyl halides is 6. The second kappa shape index (κ2) is 6.27. The van der Waals surface area contributed by atoms with E-state index in [1.807, 2.05) is 0 Å². The van der Waals surface area contributed by atoms with Gasteiger partial charge in [-0.2, -0.15) is 31.4 Å². The molecule has 0 N–H and O–H groups in total. The maximum Gasteiger partial charge on any atom is 0.446 e. The summed E-state index contributed by atoms with van der Waals surface area (Å²) in [5, 5.41) is 2.23. The predicted octanol–water partition coefficient (Wildman–Crippen LogP) is 6.46. The molecule has 0 radical (unpaired) electrons. The predicted molar refractivity (Wildman–Crippen MR) is 75.5 cm³/mol. The normalized spacial score (nSPS) is 12.7. The Kier molecular flexibility index (Phi) is 5.06. The largest absolute Gasteiger partial charge is 0.446 e. The quantitative estimate of drug-likeness (QED) is 0.414. The number of halogens is 9. The SMILES string of the molecule is FC(F)(F)Sc1cn(-c2c(Cl)cc(C(F)(F)F)cc2Cl)nc1Cl. The second-order valence-electron chi connectivity index (χ2n) is 4.06. The first kappa shape index (κ1) is 18.6. The van der Waals surface area contributed by atoms with Gasteiger partial charge in [-0.1, -0.05) is 34.8 Å². The highest BCUT2D eigenvalue weighted by molar-refractivity contribution is 8.00. The fourth-order valence-corrected chi connectivity index (χ4v) is 3.03. The van der Waals surface area contributed by atoms with Crippen molar-refractivity contribution in [2.75, 3.05) is 0 Å². The number of rotatable bonds is 2. The van der Waals surface area contributed by atoms with E-state index in [0.717, 1.165) is 10.9 Å². The minimum absolute atomic E-state index is 0.211. The van der Waals surface area contributed by atoms with Gasteiger partial charge in [0, 0.05) is 6.20 Å². The third-order valence-electron chi connectivity index (χ3n) is 2.44. The summed E-state index contributed by atoms with van der Waals surface area (Å²) in [7, 11) is 0. The minimum Gasteiger partial charge on any atom is -0.235 e. The first-order chi connectivity index (χ1) is 10.4. The van der Waals surface area contributed by atoms with Gasteiger partial charge in [0.25, 0.3) is 0 Å². The van der Waals surface area contributed by atoms with E-state index >= 15 is 0 Å². The summed E-state index contributed by atoms with van der Waals surface area (Å²) >= 11 is 16.6. The molecule has 2 nitrogen and oxygen atoms in total. The minimum atomic E-state index is -4.68. The molecule has 0 unspecified atom stereocenters. The molecule has 0 bridgehead atoms. The molecule has 2 aromatic rings. The molecule has 0 amide bonds. The Morgan fingerprint density at radius 2 is 1.48 bits per heavy atom. The van der Waals surface area contributed by atoms with Crippen LogP contribution in [-0.4, -0.2) is 15.3 Å². The third-order valence-corrected chi connectivity index (χ3v) is 4.16. The highest BCUT2D eigenvalue weighted by Gasteiger charge is 2.34. The lowest BCUT2D eigenvalue weighted by Crippen LogP contribution is -2.07. The van der Waals surface area contributed by atoms with Crippen LogP contribution < -0.4 is 0 Å². The van der Waals surface area contributed by atoms with Gasteiger partial charge in [-0.25, -0.2) is 4.68 Å². The van der Waals surface area contributed by atoms with Crippen LogP contribution in [0, 0.1) is 0 Å². The zero-order valence-corrected chi connectivity index (χ0v) is 13.5. The summed E-state index contributed by atoms with van der Waals surface area (Å²) in [6, 6.07) is 1.18. The number of thioether (sulfide) groups is 1. The Morgan fingerprint density at radius 3 is 1.91 bits per heavy atom. The van der Waals surface area contributed by atoms with Gasteiger partial charge in [0.05, 0.1) is 20.5 Å². The molecule has 0 spiro atoms. The van der Waals surface area contributed by atoms with E-state index in [-0.39, 0.29) is 5.69 Å². The van der Waals surface area contributed by atoms with E-state index in [9.17, 15) is 26.3 Å². The lowest BCUT2D eigenvalue weighted by Gasteiger charge is -2.12. The average molecular weight is 416 g/mol. The van der Waals surface area contributed by atoms with Crippen molar-refractivity contribution in [3.63, 3.8) is 0 Å². The average Bonchev–Trinajstić information content (AvgIpc) is 2.66. The monoisotopic (exact) mass is 414 g/mol. The van der Waals surface area contributed by atoms with Crippen molar-refractivity contribution in [2.24, 2.45) is 0 Å². The molecule has 1 heterocycles. The van der Waals surface area contributed by atoms with E-state index in [0.29, 0.717) is 12.1 Å². The molecular weight excluding hydrogens is 413 g/mol. The maximum atomic E-state index is 12.6. The molecule has 126 valence electrons. The van der Waals surface area contributed by atoms with E-state index in [2.05, 4.69) is 5.10 Å².